The van der Waals surface area contributed by atoms with Crippen LogP contribution in [0.1, 0.15) is 31.2 Å². The molecule has 2 N–H and O–H groups in total. The number of carboxylic acid groups (broad SMARTS) is 1. The number of aryl methyl sites for hydroxylation is 1. The Balaban J connectivity index is 2.50. The first kappa shape index (κ1) is 17.1. The molecule has 0 heterocycles. The minimum atomic E-state index is -3.51. The van der Waals surface area contributed by atoms with E-state index in [0.717, 1.165) is 0 Å². The zero-order chi connectivity index (χ0) is 15.2. The van der Waals surface area contributed by atoms with Crippen LogP contribution in [0.2, 0.25) is 0 Å². The first-order valence-corrected chi connectivity index (χ1v) is 8.58. The van der Waals surface area contributed by atoms with Crippen molar-refractivity contribution in [3.8, 4) is 0 Å². The Hall–Kier alpha value is -0.920. The van der Waals surface area contributed by atoms with E-state index in [1.807, 2.05) is 0 Å². The fraction of sp³-hybridized carbons (Fsp3) is 0.462. The normalized spacial score (nSPS) is 11.5. The summed E-state index contributed by atoms with van der Waals surface area (Å²) in [6, 6.07) is 5.11. The number of benzene rings is 1. The summed E-state index contributed by atoms with van der Waals surface area (Å²) in [5.41, 5.74) is 0.687. The van der Waals surface area contributed by atoms with E-state index in [0.29, 0.717) is 35.8 Å². The number of hydrogen-bond acceptors (Lipinski definition) is 3. The number of nitrogens with one attached hydrogen (secondary N) is 1. The molecule has 112 valence electrons. The molecule has 20 heavy (non-hydrogen) atoms. The Morgan fingerprint density at radius 3 is 2.65 bits per heavy atom. The molecule has 0 bridgehead atoms. The monoisotopic (exact) mass is 363 g/mol. The average molecular weight is 364 g/mol. The van der Waals surface area contributed by atoms with Crippen LogP contribution in [-0.2, 0) is 14.8 Å². The fourth-order valence-corrected chi connectivity index (χ4v) is 3.58. The Kier molecular flexibility index (Phi) is 6.64. The molecular weight excluding hydrogens is 346 g/mol. The number of rotatable bonds is 8. The summed E-state index contributed by atoms with van der Waals surface area (Å²) in [6.45, 7) is 2.06. The Morgan fingerprint density at radius 1 is 1.30 bits per heavy atom. The summed E-state index contributed by atoms with van der Waals surface area (Å²) < 4.78 is 27.5. The highest BCUT2D eigenvalue weighted by atomic mass is 79.9. The van der Waals surface area contributed by atoms with Gasteiger partial charge in [0.25, 0.3) is 0 Å². The molecular formula is C13H18BrNO4S. The molecule has 0 saturated carbocycles. The van der Waals surface area contributed by atoms with Crippen LogP contribution < -0.4 is 4.72 Å². The summed E-state index contributed by atoms with van der Waals surface area (Å²) in [5.74, 6) is -0.824. The van der Waals surface area contributed by atoms with Crippen LogP contribution >= 0.6 is 15.9 Å². The second kappa shape index (κ2) is 7.75. The van der Waals surface area contributed by atoms with Gasteiger partial charge < -0.3 is 5.11 Å². The summed E-state index contributed by atoms with van der Waals surface area (Å²) >= 11 is 3.26. The number of halogens is 1. The van der Waals surface area contributed by atoms with Gasteiger partial charge in [-0.15, -0.1) is 0 Å². The summed E-state index contributed by atoms with van der Waals surface area (Å²) in [5, 5.41) is 8.49. The molecule has 0 fully saturated rings. The Bertz CT molecular complexity index is 572. The van der Waals surface area contributed by atoms with Crippen molar-refractivity contribution in [2.75, 3.05) is 6.54 Å². The smallest absolute Gasteiger partial charge is 0.303 e. The van der Waals surface area contributed by atoms with Gasteiger partial charge >= 0.3 is 5.97 Å². The molecule has 0 aliphatic heterocycles. The average Bonchev–Trinajstić information content (AvgIpc) is 2.36. The molecule has 0 aliphatic carbocycles. The van der Waals surface area contributed by atoms with Crippen LogP contribution in [0.15, 0.2) is 27.6 Å². The Labute approximate surface area is 127 Å². The topological polar surface area (TPSA) is 83.5 Å². The first-order valence-electron chi connectivity index (χ1n) is 6.30. The van der Waals surface area contributed by atoms with Crippen molar-refractivity contribution in [2.45, 2.75) is 37.5 Å². The maximum Gasteiger partial charge on any atom is 0.303 e. The molecule has 0 aromatic heterocycles. The minimum Gasteiger partial charge on any atom is -0.481 e. The first-order chi connectivity index (χ1) is 9.33. The largest absolute Gasteiger partial charge is 0.481 e. The van der Waals surface area contributed by atoms with E-state index in [2.05, 4.69) is 20.7 Å². The van der Waals surface area contributed by atoms with Crippen molar-refractivity contribution in [1.82, 2.24) is 4.72 Å². The van der Waals surface area contributed by atoms with Gasteiger partial charge in [-0.25, -0.2) is 13.1 Å². The number of carboxylic acids is 1. The van der Waals surface area contributed by atoms with Crippen molar-refractivity contribution in [1.29, 1.82) is 0 Å². The third-order valence-corrected chi connectivity index (χ3v) is 4.90. The van der Waals surface area contributed by atoms with Gasteiger partial charge in [-0.2, -0.15) is 0 Å². The summed E-state index contributed by atoms with van der Waals surface area (Å²) in [7, 11) is -3.51. The van der Waals surface area contributed by atoms with Crippen LogP contribution in [0.25, 0.3) is 0 Å². The van der Waals surface area contributed by atoms with E-state index in [1.165, 1.54) is 0 Å². The third kappa shape index (κ3) is 5.60. The number of aliphatic carboxylic acids is 1. The van der Waals surface area contributed by atoms with Gasteiger partial charge in [0, 0.05) is 17.4 Å². The van der Waals surface area contributed by atoms with E-state index in [1.54, 1.807) is 25.1 Å². The molecule has 0 saturated heterocycles. The molecule has 0 aliphatic rings. The highest BCUT2D eigenvalue weighted by molar-refractivity contribution is 9.10. The lowest BCUT2D eigenvalue weighted by atomic mass is 10.2. The predicted octanol–water partition coefficient (Wildman–Crippen LogP) is 2.68. The van der Waals surface area contributed by atoms with E-state index >= 15 is 0 Å². The molecule has 5 nitrogen and oxygen atoms in total. The van der Waals surface area contributed by atoms with Crippen molar-refractivity contribution < 1.29 is 18.3 Å². The second-order valence-corrected chi connectivity index (χ2v) is 7.16. The number of unbranched alkanes of at least 4 members (excludes halogenated alkanes) is 2. The maximum absolute atomic E-state index is 12.1. The van der Waals surface area contributed by atoms with Gasteiger partial charge in [-0.1, -0.05) is 28.4 Å². The lowest BCUT2D eigenvalue weighted by molar-refractivity contribution is -0.137. The van der Waals surface area contributed by atoms with Crippen molar-refractivity contribution in [3.63, 3.8) is 0 Å². The molecule has 0 atom stereocenters. The van der Waals surface area contributed by atoms with Gasteiger partial charge in [0.15, 0.2) is 0 Å². The van der Waals surface area contributed by atoms with Crippen molar-refractivity contribution in [2.24, 2.45) is 0 Å². The number of carbonyl (C=O) groups is 1. The number of hydrogen-bond donors (Lipinski definition) is 2. The summed E-state index contributed by atoms with van der Waals surface area (Å²) in [6.07, 6.45) is 2.00. The van der Waals surface area contributed by atoms with Gasteiger partial charge in [0.1, 0.15) is 0 Å². The predicted molar refractivity (Wildman–Crippen MR) is 80.2 cm³/mol. The maximum atomic E-state index is 12.1. The minimum absolute atomic E-state index is 0.123. The molecule has 0 radical (unpaired) electrons. The lowest BCUT2D eigenvalue weighted by Crippen LogP contribution is -2.25. The van der Waals surface area contributed by atoms with E-state index in [9.17, 15) is 13.2 Å². The van der Waals surface area contributed by atoms with Crippen molar-refractivity contribution in [3.05, 3.63) is 28.2 Å². The quantitative estimate of drug-likeness (QED) is 0.695. The third-order valence-electron chi connectivity index (χ3n) is 2.80. The standard InChI is InChI=1S/C13H18BrNO4S/c1-10-6-7-11(14)9-12(10)20(18,19)15-8-4-2-3-5-13(16)17/h6-7,9,15H,2-5,8H2,1H3,(H,16,17). The highest BCUT2D eigenvalue weighted by Gasteiger charge is 2.16. The SMILES string of the molecule is Cc1ccc(Br)cc1S(=O)(=O)NCCCCCC(=O)O. The van der Waals surface area contributed by atoms with Crippen molar-refractivity contribution >= 4 is 31.9 Å². The van der Waals surface area contributed by atoms with Crippen LogP contribution in [0.5, 0.6) is 0 Å². The molecule has 1 rings (SSSR count). The van der Waals surface area contributed by atoms with Crippen LogP contribution in [0, 0.1) is 6.92 Å². The highest BCUT2D eigenvalue weighted by Crippen LogP contribution is 2.20. The molecule has 1 aromatic rings. The molecule has 0 amide bonds. The zero-order valence-corrected chi connectivity index (χ0v) is 13.6. The zero-order valence-electron chi connectivity index (χ0n) is 11.2. The van der Waals surface area contributed by atoms with E-state index in [4.69, 9.17) is 5.11 Å². The van der Waals surface area contributed by atoms with E-state index in [-0.39, 0.29) is 11.3 Å². The summed E-state index contributed by atoms with van der Waals surface area (Å²) in [4.78, 5) is 10.6. The van der Waals surface area contributed by atoms with Gasteiger partial charge in [0.2, 0.25) is 10.0 Å². The molecule has 0 spiro atoms. The molecule has 0 unspecified atom stereocenters. The molecule has 1 aromatic carbocycles. The van der Waals surface area contributed by atoms with Gasteiger partial charge in [-0.3, -0.25) is 4.79 Å². The fourth-order valence-electron chi connectivity index (χ4n) is 1.73. The van der Waals surface area contributed by atoms with Crippen LogP contribution in [0.4, 0.5) is 0 Å². The van der Waals surface area contributed by atoms with Gasteiger partial charge in [-0.05, 0) is 37.5 Å². The van der Waals surface area contributed by atoms with Gasteiger partial charge in [0.05, 0.1) is 4.90 Å². The molecule has 7 heteroatoms. The van der Waals surface area contributed by atoms with E-state index < -0.39 is 16.0 Å². The van der Waals surface area contributed by atoms with Crippen LogP contribution in [0.3, 0.4) is 0 Å². The number of sulfonamides is 1. The Morgan fingerprint density at radius 2 is 2.00 bits per heavy atom. The second-order valence-electron chi connectivity index (χ2n) is 4.51. The lowest BCUT2D eigenvalue weighted by Gasteiger charge is -2.09. The van der Waals surface area contributed by atoms with Crippen LogP contribution in [-0.4, -0.2) is 26.0 Å².